The van der Waals surface area contributed by atoms with Crippen molar-refractivity contribution in [2.45, 2.75) is 26.7 Å². The van der Waals surface area contributed by atoms with Crippen molar-refractivity contribution >= 4 is 23.3 Å². The molecule has 0 spiro atoms. The Morgan fingerprint density at radius 2 is 1.75 bits per heavy atom. The third kappa shape index (κ3) is 3.23. The summed E-state index contributed by atoms with van der Waals surface area (Å²) < 4.78 is 10.6. The van der Waals surface area contributed by atoms with Gasteiger partial charge in [-0.25, -0.2) is 0 Å². The predicted octanol–water partition coefficient (Wildman–Crippen LogP) is 4.29. The van der Waals surface area contributed by atoms with Crippen LogP contribution in [0.4, 0.5) is 0 Å². The fourth-order valence-corrected chi connectivity index (χ4v) is 3.47. The molecule has 24 heavy (non-hydrogen) atoms. The molecule has 0 saturated carbocycles. The summed E-state index contributed by atoms with van der Waals surface area (Å²) in [5, 5.41) is 0. The fraction of sp³-hybridized carbons (Fsp3) is 0.316. The summed E-state index contributed by atoms with van der Waals surface area (Å²) in [6.45, 7) is 4.60. The lowest BCUT2D eigenvalue weighted by atomic mass is 10.2. The number of methoxy groups -OCH3 is 1. The number of hydrogen-bond donors (Lipinski definition) is 0. The zero-order valence-corrected chi connectivity index (χ0v) is 15.2. The predicted molar refractivity (Wildman–Crippen MR) is 101 cm³/mol. The number of nitrogens with zero attached hydrogens (tertiary/aromatic N) is 3. The molecule has 5 heteroatoms. The molecule has 0 radical (unpaired) electrons. The molecule has 2 aromatic carbocycles. The van der Waals surface area contributed by atoms with E-state index in [1.165, 1.54) is 16.6 Å². The minimum atomic E-state index is 0.754. The van der Waals surface area contributed by atoms with Crippen LogP contribution in [0.25, 0.3) is 11.0 Å². The molecule has 126 valence electrons. The second-order valence-corrected chi connectivity index (χ2v) is 6.32. The van der Waals surface area contributed by atoms with Gasteiger partial charge in [-0.1, -0.05) is 24.3 Å². The molecule has 0 saturated heterocycles. The van der Waals surface area contributed by atoms with Crippen molar-refractivity contribution in [2.75, 3.05) is 14.2 Å². The first-order chi connectivity index (χ1) is 11.6. The van der Waals surface area contributed by atoms with Crippen LogP contribution in [0.2, 0.25) is 0 Å². The summed E-state index contributed by atoms with van der Waals surface area (Å²) in [5.41, 5.74) is 3.60. The standard InChI is InChI=1S/C19H23N3OS/c1-4-21-17-10-5-6-11-18(17)22(19(21)24)14-20(2)13-15-8-7-9-16(12-15)23-3/h5-12H,4,13-14H2,1-3H3. The van der Waals surface area contributed by atoms with Crippen LogP contribution in [-0.4, -0.2) is 28.2 Å². The molecule has 1 heterocycles. The average molecular weight is 341 g/mol. The van der Waals surface area contributed by atoms with Crippen molar-refractivity contribution in [2.24, 2.45) is 0 Å². The molecule has 0 bridgehead atoms. The Balaban J connectivity index is 1.86. The Hall–Kier alpha value is -2.11. The highest BCUT2D eigenvalue weighted by molar-refractivity contribution is 7.71. The van der Waals surface area contributed by atoms with E-state index in [0.29, 0.717) is 0 Å². The van der Waals surface area contributed by atoms with E-state index in [4.69, 9.17) is 17.0 Å². The van der Waals surface area contributed by atoms with Crippen LogP contribution in [0.5, 0.6) is 5.75 Å². The number of fused-ring (bicyclic) bond motifs is 1. The van der Waals surface area contributed by atoms with Gasteiger partial charge in [0.2, 0.25) is 0 Å². The van der Waals surface area contributed by atoms with Crippen molar-refractivity contribution in [1.29, 1.82) is 0 Å². The van der Waals surface area contributed by atoms with E-state index < -0.39 is 0 Å². The molecule has 0 aliphatic rings. The van der Waals surface area contributed by atoms with Crippen molar-refractivity contribution < 1.29 is 4.74 Å². The van der Waals surface area contributed by atoms with Crippen LogP contribution in [0.3, 0.4) is 0 Å². The third-order valence-electron chi connectivity index (χ3n) is 4.21. The Labute approximate surface area is 147 Å². The van der Waals surface area contributed by atoms with Crippen molar-refractivity contribution in [1.82, 2.24) is 14.0 Å². The minimum absolute atomic E-state index is 0.754. The highest BCUT2D eigenvalue weighted by Gasteiger charge is 2.11. The Morgan fingerprint density at radius 3 is 2.42 bits per heavy atom. The van der Waals surface area contributed by atoms with Gasteiger partial charge in [0.05, 0.1) is 24.8 Å². The zero-order valence-electron chi connectivity index (χ0n) is 14.4. The lowest BCUT2D eigenvalue weighted by Gasteiger charge is -2.18. The van der Waals surface area contributed by atoms with Crippen LogP contribution < -0.4 is 4.74 Å². The first-order valence-electron chi connectivity index (χ1n) is 8.13. The maximum Gasteiger partial charge on any atom is 0.181 e. The Morgan fingerprint density at radius 1 is 1.04 bits per heavy atom. The molecule has 0 fully saturated rings. The minimum Gasteiger partial charge on any atom is -0.497 e. The largest absolute Gasteiger partial charge is 0.497 e. The molecular formula is C19H23N3OS. The summed E-state index contributed by atoms with van der Waals surface area (Å²) in [6, 6.07) is 16.6. The second kappa shape index (κ2) is 7.20. The first kappa shape index (κ1) is 16.7. The van der Waals surface area contributed by atoms with Crippen LogP contribution in [0.1, 0.15) is 12.5 Å². The molecule has 1 aromatic heterocycles. The molecule has 4 nitrogen and oxygen atoms in total. The highest BCUT2D eigenvalue weighted by atomic mass is 32.1. The number of hydrogen-bond acceptors (Lipinski definition) is 3. The van der Waals surface area contributed by atoms with Gasteiger partial charge in [-0.15, -0.1) is 0 Å². The Kier molecular flexibility index (Phi) is 5.02. The number of rotatable bonds is 6. The van der Waals surface area contributed by atoms with Gasteiger partial charge in [-0.05, 0) is 56.0 Å². The Bertz CT molecular complexity index is 897. The van der Waals surface area contributed by atoms with E-state index >= 15 is 0 Å². The number of para-hydroxylation sites is 2. The molecule has 3 aromatic rings. The summed E-state index contributed by atoms with van der Waals surface area (Å²) in [5.74, 6) is 0.889. The van der Waals surface area contributed by atoms with Crippen molar-refractivity contribution in [3.8, 4) is 5.75 Å². The quantitative estimate of drug-likeness (QED) is 0.625. The van der Waals surface area contributed by atoms with Gasteiger partial charge < -0.3 is 13.9 Å². The third-order valence-corrected chi connectivity index (χ3v) is 4.65. The SMILES string of the molecule is CCn1c(=S)n(CN(C)Cc2cccc(OC)c2)c2ccccc21. The highest BCUT2D eigenvalue weighted by Crippen LogP contribution is 2.19. The van der Waals surface area contributed by atoms with E-state index in [2.05, 4.69) is 64.4 Å². The summed E-state index contributed by atoms with van der Waals surface area (Å²) in [7, 11) is 3.81. The van der Waals surface area contributed by atoms with Crippen LogP contribution >= 0.6 is 12.2 Å². The lowest BCUT2D eigenvalue weighted by Crippen LogP contribution is -2.22. The van der Waals surface area contributed by atoms with Gasteiger partial charge in [-0.3, -0.25) is 4.90 Å². The van der Waals surface area contributed by atoms with Gasteiger partial charge in [0.25, 0.3) is 0 Å². The number of benzene rings is 2. The van der Waals surface area contributed by atoms with Crippen LogP contribution in [0.15, 0.2) is 48.5 Å². The molecule has 0 N–H and O–H groups in total. The van der Waals surface area contributed by atoms with Gasteiger partial charge in [-0.2, -0.15) is 0 Å². The van der Waals surface area contributed by atoms with Gasteiger partial charge in [0.15, 0.2) is 4.77 Å². The van der Waals surface area contributed by atoms with Gasteiger partial charge in [0.1, 0.15) is 5.75 Å². The molecule has 0 amide bonds. The van der Waals surface area contributed by atoms with Crippen molar-refractivity contribution in [3.63, 3.8) is 0 Å². The summed E-state index contributed by atoms with van der Waals surface area (Å²) in [6.07, 6.45) is 0. The second-order valence-electron chi connectivity index (χ2n) is 5.95. The number of aryl methyl sites for hydroxylation is 1. The van der Waals surface area contributed by atoms with Crippen LogP contribution in [-0.2, 0) is 19.8 Å². The summed E-state index contributed by atoms with van der Waals surface area (Å²) in [4.78, 5) is 2.26. The van der Waals surface area contributed by atoms with E-state index in [0.717, 1.165) is 30.3 Å². The molecule has 0 aliphatic heterocycles. The van der Waals surface area contributed by atoms with Gasteiger partial charge >= 0.3 is 0 Å². The fourth-order valence-electron chi connectivity index (χ4n) is 3.09. The normalized spacial score (nSPS) is 11.3. The maximum absolute atomic E-state index is 5.69. The molecule has 3 rings (SSSR count). The van der Waals surface area contributed by atoms with E-state index in [-0.39, 0.29) is 0 Å². The zero-order chi connectivity index (χ0) is 17.1. The summed E-state index contributed by atoms with van der Waals surface area (Å²) >= 11 is 5.69. The van der Waals surface area contributed by atoms with Crippen LogP contribution in [0, 0.1) is 4.77 Å². The molecule has 0 unspecified atom stereocenters. The van der Waals surface area contributed by atoms with Gasteiger partial charge in [0, 0.05) is 13.1 Å². The first-order valence-corrected chi connectivity index (χ1v) is 8.54. The lowest BCUT2D eigenvalue weighted by molar-refractivity contribution is 0.261. The number of imidazole rings is 1. The molecule has 0 aliphatic carbocycles. The number of ether oxygens (including phenoxy) is 1. The number of aromatic nitrogens is 2. The van der Waals surface area contributed by atoms with Crippen molar-refractivity contribution in [3.05, 3.63) is 58.9 Å². The topological polar surface area (TPSA) is 22.3 Å². The van der Waals surface area contributed by atoms with E-state index in [1.807, 2.05) is 12.1 Å². The monoisotopic (exact) mass is 341 g/mol. The van der Waals surface area contributed by atoms with E-state index in [1.54, 1.807) is 7.11 Å². The smallest absolute Gasteiger partial charge is 0.181 e. The molecular weight excluding hydrogens is 318 g/mol. The molecule has 0 atom stereocenters. The average Bonchev–Trinajstić information content (AvgIpc) is 2.86. The van der Waals surface area contributed by atoms with E-state index in [9.17, 15) is 0 Å². The maximum atomic E-state index is 5.69.